The molecular weight excluding hydrogens is 238 g/mol. The second-order valence-electron chi connectivity index (χ2n) is 4.99. The highest BCUT2D eigenvalue weighted by Gasteiger charge is 2.25. The van der Waals surface area contributed by atoms with E-state index in [2.05, 4.69) is 5.48 Å². The monoisotopic (exact) mass is 257 g/mol. The summed E-state index contributed by atoms with van der Waals surface area (Å²) in [5, 5.41) is 8.57. The summed E-state index contributed by atoms with van der Waals surface area (Å²) in [6.45, 7) is 4.20. The highest BCUT2D eigenvalue weighted by Crippen LogP contribution is 2.25. The summed E-state index contributed by atoms with van der Waals surface area (Å²) in [6, 6.07) is 7.56. The number of hydroxylamine groups is 1. The SMILES string of the molecule is CC(C)(CS(C)(=O)=O)c1ccc(CNO)cc1. The molecule has 0 amide bonds. The Morgan fingerprint density at radius 3 is 2.18 bits per heavy atom. The van der Waals surface area contributed by atoms with Gasteiger partial charge in [-0.3, -0.25) is 0 Å². The molecule has 1 aromatic rings. The van der Waals surface area contributed by atoms with Gasteiger partial charge in [0.15, 0.2) is 0 Å². The first-order valence-electron chi connectivity index (χ1n) is 5.39. The van der Waals surface area contributed by atoms with E-state index in [0.717, 1.165) is 11.1 Å². The van der Waals surface area contributed by atoms with Crippen LogP contribution in [-0.2, 0) is 21.8 Å². The topological polar surface area (TPSA) is 66.4 Å². The van der Waals surface area contributed by atoms with Gasteiger partial charge in [-0.05, 0) is 11.1 Å². The quantitative estimate of drug-likeness (QED) is 0.784. The van der Waals surface area contributed by atoms with E-state index in [0.29, 0.717) is 6.54 Å². The van der Waals surface area contributed by atoms with Crippen molar-refractivity contribution >= 4 is 9.84 Å². The van der Waals surface area contributed by atoms with Gasteiger partial charge in [0.25, 0.3) is 0 Å². The van der Waals surface area contributed by atoms with Crippen LogP contribution < -0.4 is 5.48 Å². The van der Waals surface area contributed by atoms with Gasteiger partial charge in [-0.15, -0.1) is 0 Å². The Balaban J connectivity index is 2.91. The Morgan fingerprint density at radius 2 is 1.76 bits per heavy atom. The standard InChI is InChI=1S/C12H19NO3S/c1-12(2,9-17(3,15)16)11-6-4-10(5-7-11)8-13-14/h4-7,13-14H,8-9H2,1-3H3. The van der Waals surface area contributed by atoms with Crippen molar-refractivity contribution in [3.05, 3.63) is 35.4 Å². The zero-order valence-corrected chi connectivity index (χ0v) is 11.2. The van der Waals surface area contributed by atoms with Crippen LogP contribution in [0.4, 0.5) is 0 Å². The normalized spacial score (nSPS) is 12.7. The lowest BCUT2D eigenvalue weighted by Gasteiger charge is -2.24. The summed E-state index contributed by atoms with van der Waals surface area (Å²) in [5.41, 5.74) is 3.61. The lowest BCUT2D eigenvalue weighted by molar-refractivity contribution is 0.161. The predicted molar refractivity (Wildman–Crippen MR) is 67.8 cm³/mol. The molecule has 0 heterocycles. The van der Waals surface area contributed by atoms with Crippen molar-refractivity contribution in [2.24, 2.45) is 0 Å². The van der Waals surface area contributed by atoms with E-state index in [1.54, 1.807) is 0 Å². The smallest absolute Gasteiger partial charge is 0.148 e. The third kappa shape index (κ3) is 4.46. The van der Waals surface area contributed by atoms with Crippen molar-refractivity contribution in [1.29, 1.82) is 0 Å². The Kier molecular flexibility index (Phi) is 4.30. The van der Waals surface area contributed by atoms with Crippen molar-refractivity contribution in [2.45, 2.75) is 25.8 Å². The summed E-state index contributed by atoms with van der Waals surface area (Å²) in [5.74, 6) is 0.123. The van der Waals surface area contributed by atoms with Crippen LogP contribution in [-0.4, -0.2) is 25.6 Å². The molecule has 0 unspecified atom stereocenters. The largest absolute Gasteiger partial charge is 0.316 e. The van der Waals surface area contributed by atoms with Crippen molar-refractivity contribution in [1.82, 2.24) is 5.48 Å². The van der Waals surface area contributed by atoms with E-state index in [1.807, 2.05) is 38.1 Å². The van der Waals surface area contributed by atoms with Crippen LogP contribution in [0, 0.1) is 0 Å². The molecule has 1 aromatic carbocycles. The third-order valence-electron chi connectivity index (χ3n) is 2.64. The molecule has 0 aromatic heterocycles. The molecule has 0 fully saturated rings. The van der Waals surface area contributed by atoms with E-state index in [1.165, 1.54) is 6.26 Å². The summed E-state index contributed by atoms with van der Waals surface area (Å²) >= 11 is 0. The molecule has 0 saturated heterocycles. The van der Waals surface area contributed by atoms with Crippen LogP contribution in [0.2, 0.25) is 0 Å². The van der Waals surface area contributed by atoms with Gasteiger partial charge in [0, 0.05) is 18.2 Å². The molecule has 5 heteroatoms. The summed E-state index contributed by atoms with van der Waals surface area (Å²) in [6.07, 6.45) is 1.25. The first-order chi connectivity index (χ1) is 7.74. The van der Waals surface area contributed by atoms with Gasteiger partial charge < -0.3 is 5.21 Å². The average Bonchev–Trinajstić information content (AvgIpc) is 2.15. The van der Waals surface area contributed by atoms with Gasteiger partial charge in [0.05, 0.1) is 5.75 Å². The Labute approximate surface area is 103 Å². The van der Waals surface area contributed by atoms with Gasteiger partial charge in [-0.2, -0.15) is 0 Å². The van der Waals surface area contributed by atoms with Crippen molar-refractivity contribution < 1.29 is 13.6 Å². The number of sulfone groups is 1. The van der Waals surface area contributed by atoms with Crippen molar-refractivity contribution in [2.75, 3.05) is 12.0 Å². The molecule has 0 spiro atoms. The average molecular weight is 257 g/mol. The van der Waals surface area contributed by atoms with Gasteiger partial charge >= 0.3 is 0 Å². The van der Waals surface area contributed by atoms with Crippen LogP contribution in [0.15, 0.2) is 24.3 Å². The van der Waals surface area contributed by atoms with Gasteiger partial charge in [-0.1, -0.05) is 38.1 Å². The minimum Gasteiger partial charge on any atom is -0.316 e. The Hall–Kier alpha value is -0.910. The van der Waals surface area contributed by atoms with E-state index in [-0.39, 0.29) is 5.75 Å². The fourth-order valence-electron chi connectivity index (χ4n) is 1.90. The fourth-order valence-corrected chi connectivity index (χ4v) is 3.38. The Bertz CT molecular complexity index is 463. The molecule has 96 valence electrons. The first kappa shape index (κ1) is 14.2. The molecule has 0 aliphatic heterocycles. The van der Waals surface area contributed by atoms with Crippen LogP contribution >= 0.6 is 0 Å². The van der Waals surface area contributed by atoms with E-state index in [9.17, 15) is 8.42 Å². The second-order valence-corrected chi connectivity index (χ2v) is 7.13. The highest BCUT2D eigenvalue weighted by atomic mass is 32.2. The molecule has 0 radical (unpaired) electrons. The minimum atomic E-state index is -3.00. The number of hydrogen-bond acceptors (Lipinski definition) is 4. The lowest BCUT2D eigenvalue weighted by atomic mass is 9.86. The van der Waals surface area contributed by atoms with Crippen molar-refractivity contribution in [3.8, 4) is 0 Å². The van der Waals surface area contributed by atoms with Crippen LogP contribution in [0.25, 0.3) is 0 Å². The number of nitrogens with one attached hydrogen (secondary N) is 1. The number of hydrogen-bond donors (Lipinski definition) is 2. The zero-order chi connectivity index (χ0) is 13.1. The predicted octanol–water partition coefficient (Wildman–Crippen LogP) is 1.49. The maximum Gasteiger partial charge on any atom is 0.148 e. The molecule has 0 atom stereocenters. The van der Waals surface area contributed by atoms with Crippen LogP contribution in [0.5, 0.6) is 0 Å². The molecule has 17 heavy (non-hydrogen) atoms. The first-order valence-corrected chi connectivity index (χ1v) is 7.45. The molecule has 0 bridgehead atoms. The molecule has 0 aliphatic carbocycles. The molecule has 4 nitrogen and oxygen atoms in total. The van der Waals surface area contributed by atoms with Crippen molar-refractivity contribution in [3.63, 3.8) is 0 Å². The third-order valence-corrected chi connectivity index (χ3v) is 3.89. The molecule has 0 saturated carbocycles. The van der Waals surface area contributed by atoms with E-state index >= 15 is 0 Å². The second kappa shape index (κ2) is 5.16. The highest BCUT2D eigenvalue weighted by molar-refractivity contribution is 7.90. The maximum atomic E-state index is 11.3. The van der Waals surface area contributed by atoms with Crippen LogP contribution in [0.3, 0.4) is 0 Å². The summed E-state index contributed by atoms with van der Waals surface area (Å²) in [4.78, 5) is 0. The van der Waals surface area contributed by atoms with Gasteiger partial charge in [-0.25, -0.2) is 13.9 Å². The number of benzene rings is 1. The van der Waals surface area contributed by atoms with Gasteiger partial charge in [0.2, 0.25) is 0 Å². The molecule has 0 aliphatic rings. The fraction of sp³-hybridized carbons (Fsp3) is 0.500. The molecule has 2 N–H and O–H groups in total. The summed E-state index contributed by atoms with van der Waals surface area (Å²) in [7, 11) is -3.00. The Morgan fingerprint density at radius 1 is 1.24 bits per heavy atom. The van der Waals surface area contributed by atoms with Gasteiger partial charge in [0.1, 0.15) is 9.84 Å². The molecular formula is C12H19NO3S. The summed E-state index contributed by atoms with van der Waals surface area (Å²) < 4.78 is 22.7. The number of rotatable bonds is 5. The van der Waals surface area contributed by atoms with Crippen LogP contribution in [0.1, 0.15) is 25.0 Å². The molecule has 1 rings (SSSR count). The zero-order valence-electron chi connectivity index (χ0n) is 10.4. The minimum absolute atomic E-state index is 0.123. The van der Waals surface area contributed by atoms with E-state index in [4.69, 9.17) is 5.21 Å². The van der Waals surface area contributed by atoms with E-state index < -0.39 is 15.3 Å². The maximum absolute atomic E-state index is 11.3. The lowest BCUT2D eigenvalue weighted by Crippen LogP contribution is -2.27.